The average Bonchev–Trinajstić information content (AvgIpc) is 3.15. The molecule has 10 nitrogen and oxygen atoms in total. The van der Waals surface area contributed by atoms with Crippen molar-refractivity contribution in [2.24, 2.45) is 0 Å². The number of aromatic amines is 2. The summed E-state index contributed by atoms with van der Waals surface area (Å²) >= 11 is 5.36. The lowest BCUT2D eigenvalue weighted by Gasteiger charge is -2.32. The molecule has 1 aliphatic heterocycles. The van der Waals surface area contributed by atoms with Gasteiger partial charge in [-0.05, 0) is 58.3 Å². The number of hydrogen-bond donors (Lipinski definition) is 4. The zero-order chi connectivity index (χ0) is 32.8. The molecule has 1 saturated heterocycles. The fraction of sp³-hybridized carbons (Fsp3) is 0.250. The molecule has 44 heavy (non-hydrogen) atoms. The van der Waals surface area contributed by atoms with Crippen LogP contribution in [0.2, 0.25) is 5.02 Å². The lowest BCUT2D eigenvalue weighted by Crippen LogP contribution is -2.41. The van der Waals surface area contributed by atoms with E-state index in [9.17, 15) is 9.59 Å². The van der Waals surface area contributed by atoms with Crippen LogP contribution in [0.5, 0.6) is 0 Å². The number of benzene rings is 2. The first-order chi connectivity index (χ1) is 20.5. The fourth-order valence-corrected chi connectivity index (χ4v) is 4.34. The number of hydrogen-bond acceptors (Lipinski definition) is 8. The van der Waals surface area contributed by atoms with Gasteiger partial charge >= 0.3 is 7.12 Å². The summed E-state index contributed by atoms with van der Waals surface area (Å²) < 4.78 is 12.1. The molecule has 2 aromatic carbocycles. The predicted molar refractivity (Wildman–Crippen MR) is 181 cm³/mol. The van der Waals surface area contributed by atoms with Crippen molar-refractivity contribution in [3.05, 3.63) is 111 Å². The predicted octanol–water partition coefficient (Wildman–Crippen LogP) is 5.08. The number of allylic oxidation sites excluding steroid dienone is 2. The number of nitrogens with zero attached hydrogens (tertiary/aromatic N) is 2. The molecule has 230 valence electrons. The average molecular weight is 617 g/mol. The number of nitrogen functional groups attached to an aromatic ring is 2. The van der Waals surface area contributed by atoms with Crippen LogP contribution >= 0.6 is 11.6 Å². The molecule has 0 unspecified atom stereocenters. The normalized spacial score (nSPS) is 14.5. The van der Waals surface area contributed by atoms with Crippen LogP contribution in [0.4, 0.5) is 11.4 Å². The summed E-state index contributed by atoms with van der Waals surface area (Å²) in [6.07, 6.45) is 2.94. The Morgan fingerprint density at radius 2 is 1.32 bits per heavy atom. The highest BCUT2D eigenvalue weighted by molar-refractivity contribution is 6.64. The standard InChI is InChI=1S/C15H22BNO2.C13H13N3O.C4H3ClN2O/c1-10(2)11-8-7-9-12(13(11)17)16-18-14(3,4)15(5,6)19-16;1-8(2)10-4-3-5-11(13(10)14)9-6-12(17)16-15-7-9;5-3-1-4(8)7-6-2-3/h7-9H,1,17H2,2-6H3;3-7H,1,14H2,2H3,(H,16,17);1-2H,(H,7,8). The quantitative estimate of drug-likeness (QED) is 0.182. The van der Waals surface area contributed by atoms with E-state index in [0.29, 0.717) is 22.0 Å². The summed E-state index contributed by atoms with van der Waals surface area (Å²) in [4.78, 5) is 21.5. The first kappa shape index (κ1) is 34.0. The largest absolute Gasteiger partial charge is 0.496 e. The second-order valence-electron chi connectivity index (χ2n) is 11.3. The van der Waals surface area contributed by atoms with Gasteiger partial charge in [-0.25, -0.2) is 10.2 Å². The van der Waals surface area contributed by atoms with Crippen molar-refractivity contribution in [2.75, 3.05) is 11.5 Å². The van der Waals surface area contributed by atoms with Crippen molar-refractivity contribution in [3.8, 4) is 11.1 Å². The Labute approximate surface area is 262 Å². The van der Waals surface area contributed by atoms with Crippen LogP contribution in [-0.4, -0.2) is 38.7 Å². The van der Waals surface area contributed by atoms with Crippen LogP contribution in [0.25, 0.3) is 22.3 Å². The molecule has 4 aromatic rings. The van der Waals surface area contributed by atoms with E-state index in [4.69, 9.17) is 32.4 Å². The van der Waals surface area contributed by atoms with Crippen LogP contribution < -0.4 is 28.0 Å². The van der Waals surface area contributed by atoms with E-state index in [2.05, 4.69) is 33.6 Å². The molecule has 0 amide bonds. The van der Waals surface area contributed by atoms with Gasteiger partial charge in [-0.15, -0.1) is 0 Å². The van der Waals surface area contributed by atoms with Crippen LogP contribution in [0.15, 0.2) is 83.7 Å². The van der Waals surface area contributed by atoms with Crippen molar-refractivity contribution < 1.29 is 9.31 Å². The monoisotopic (exact) mass is 616 g/mol. The summed E-state index contributed by atoms with van der Waals surface area (Å²) in [5.74, 6) is 0. The molecule has 1 aliphatic rings. The van der Waals surface area contributed by atoms with Crippen molar-refractivity contribution in [1.82, 2.24) is 20.4 Å². The zero-order valence-corrected chi connectivity index (χ0v) is 26.6. The van der Waals surface area contributed by atoms with Crippen LogP contribution in [0.1, 0.15) is 52.7 Å². The van der Waals surface area contributed by atoms with Crippen molar-refractivity contribution in [3.63, 3.8) is 0 Å². The Kier molecular flexibility index (Phi) is 10.8. The topological polar surface area (TPSA) is 162 Å². The van der Waals surface area contributed by atoms with Gasteiger partial charge in [0, 0.05) is 45.7 Å². The second-order valence-corrected chi connectivity index (χ2v) is 11.8. The number of anilines is 2. The second kappa shape index (κ2) is 13.9. The van der Waals surface area contributed by atoms with Gasteiger partial charge in [0.25, 0.3) is 11.1 Å². The Balaban J connectivity index is 0.000000194. The highest BCUT2D eigenvalue weighted by Gasteiger charge is 2.52. The van der Waals surface area contributed by atoms with Gasteiger partial charge in [0.05, 0.1) is 28.6 Å². The first-order valence-corrected chi connectivity index (χ1v) is 14.1. The third-order valence-electron chi connectivity index (χ3n) is 7.28. The van der Waals surface area contributed by atoms with Crippen LogP contribution in [-0.2, 0) is 9.31 Å². The molecular weight excluding hydrogens is 579 g/mol. The molecular formula is C32H38BClN6O4. The Morgan fingerprint density at radius 3 is 1.80 bits per heavy atom. The Hall–Kier alpha value is -4.45. The van der Waals surface area contributed by atoms with E-state index in [0.717, 1.165) is 33.3 Å². The number of nitrogens with one attached hydrogen (secondary N) is 2. The molecule has 3 heterocycles. The minimum absolute atomic E-state index is 0.248. The molecule has 0 aliphatic carbocycles. The summed E-state index contributed by atoms with van der Waals surface area (Å²) in [5.41, 5.74) is 18.4. The zero-order valence-electron chi connectivity index (χ0n) is 25.8. The Bertz CT molecular complexity index is 1770. The Morgan fingerprint density at radius 1 is 0.818 bits per heavy atom. The molecule has 2 aromatic heterocycles. The number of nitrogens with two attached hydrogens (primary N) is 2. The molecule has 0 atom stereocenters. The molecule has 0 saturated carbocycles. The van der Waals surface area contributed by atoms with E-state index in [1.165, 1.54) is 18.3 Å². The number of H-pyrrole nitrogens is 2. The number of para-hydroxylation sites is 2. The molecule has 0 spiro atoms. The van der Waals surface area contributed by atoms with Gasteiger partial charge in [-0.2, -0.15) is 10.2 Å². The lowest BCUT2D eigenvalue weighted by molar-refractivity contribution is 0.00578. The lowest BCUT2D eigenvalue weighted by atomic mass is 9.76. The minimum atomic E-state index is -0.427. The van der Waals surface area contributed by atoms with Crippen molar-refractivity contribution in [1.29, 1.82) is 0 Å². The van der Waals surface area contributed by atoms with Crippen molar-refractivity contribution in [2.45, 2.75) is 52.7 Å². The van der Waals surface area contributed by atoms with Gasteiger partial charge in [-0.3, -0.25) is 9.59 Å². The van der Waals surface area contributed by atoms with Gasteiger partial charge < -0.3 is 20.8 Å². The van der Waals surface area contributed by atoms with E-state index in [1.807, 2.05) is 77.9 Å². The third-order valence-corrected chi connectivity index (χ3v) is 7.49. The van der Waals surface area contributed by atoms with Gasteiger partial charge in [0.15, 0.2) is 0 Å². The number of aromatic nitrogens is 4. The number of halogens is 1. The molecule has 1 fully saturated rings. The molecule has 12 heteroatoms. The van der Waals surface area contributed by atoms with Gasteiger partial charge in [0.2, 0.25) is 0 Å². The van der Waals surface area contributed by atoms with E-state index < -0.39 is 7.12 Å². The van der Waals surface area contributed by atoms with Gasteiger partial charge in [-0.1, -0.05) is 61.2 Å². The van der Waals surface area contributed by atoms with Crippen molar-refractivity contribution >= 4 is 46.7 Å². The summed E-state index contributed by atoms with van der Waals surface area (Å²) in [6, 6.07) is 14.3. The highest BCUT2D eigenvalue weighted by atomic mass is 35.5. The summed E-state index contributed by atoms with van der Waals surface area (Å²) in [5, 5.41) is 12.0. The smallest absolute Gasteiger partial charge is 0.399 e. The van der Waals surface area contributed by atoms with E-state index in [-0.39, 0.29) is 22.3 Å². The molecule has 0 bridgehead atoms. The summed E-state index contributed by atoms with van der Waals surface area (Å²) in [6.45, 7) is 19.8. The maximum Gasteiger partial charge on any atom is 0.496 e. The van der Waals surface area contributed by atoms with Crippen LogP contribution in [0, 0.1) is 0 Å². The maximum atomic E-state index is 11.2. The molecule has 6 N–H and O–H groups in total. The SMILES string of the molecule is C=C(C)c1cccc(-c2cn[nH]c(=O)c2)c1N.C=C(C)c1cccc(B2OC(C)(C)C(C)(C)O2)c1N.O=c1cc(Cl)cn[nH]1. The molecule has 5 rings (SSSR count). The van der Waals surface area contributed by atoms with E-state index >= 15 is 0 Å². The van der Waals surface area contributed by atoms with Crippen LogP contribution in [0.3, 0.4) is 0 Å². The fourth-order valence-electron chi connectivity index (χ4n) is 4.20. The third kappa shape index (κ3) is 8.13. The van der Waals surface area contributed by atoms with E-state index in [1.54, 1.807) is 6.20 Å². The highest BCUT2D eigenvalue weighted by Crippen LogP contribution is 2.37. The first-order valence-electron chi connectivity index (χ1n) is 13.7. The number of rotatable bonds is 4. The maximum absolute atomic E-state index is 11.2. The minimum Gasteiger partial charge on any atom is -0.399 e. The van der Waals surface area contributed by atoms with Gasteiger partial charge in [0.1, 0.15) is 0 Å². The summed E-state index contributed by atoms with van der Waals surface area (Å²) in [7, 11) is -0.427. The molecule has 0 radical (unpaired) electrons.